The molecule has 0 saturated carbocycles. The van der Waals surface area contributed by atoms with Gasteiger partial charge in [0, 0.05) is 32.6 Å². The first-order chi connectivity index (χ1) is 16.7. The summed E-state index contributed by atoms with van der Waals surface area (Å²) in [5, 5.41) is 0.836. The van der Waals surface area contributed by atoms with Crippen LogP contribution in [0, 0.1) is 6.92 Å². The standard InChI is InChI=1S/C13H12.C12H14N2O3S.2C2H6/c1-11-7-9-13(10-8-11)12-5-3-2-4-6-12;1-9(15)14-7-6-10-4-5-11(8-12(10)14)18(16,17)13(2)3;2*1-2/h2-10H,1H3;4-8H,1-3H3;2*1-2H3. The van der Waals surface area contributed by atoms with Crippen LogP contribution >= 0.6 is 0 Å². The molecule has 6 heteroatoms. The Bertz CT molecular complexity index is 1290. The third-order valence-electron chi connectivity index (χ3n) is 4.94. The monoisotopic (exact) mass is 494 g/mol. The normalized spacial score (nSPS) is 10.3. The van der Waals surface area contributed by atoms with Crippen molar-refractivity contribution in [1.29, 1.82) is 0 Å². The number of rotatable bonds is 3. The second kappa shape index (κ2) is 14.2. The zero-order valence-corrected chi connectivity index (χ0v) is 22.9. The molecular formula is C29H38N2O3S. The second-order valence-corrected chi connectivity index (χ2v) is 9.60. The smallest absolute Gasteiger partial charge is 0.242 e. The predicted molar refractivity (Wildman–Crippen MR) is 148 cm³/mol. The maximum Gasteiger partial charge on any atom is 0.242 e. The average Bonchev–Trinajstić information content (AvgIpc) is 3.31. The number of carbonyl (C=O) groups excluding carboxylic acids is 1. The first kappa shape index (κ1) is 29.8. The molecule has 0 N–H and O–H groups in total. The Labute approximate surface area is 211 Å². The van der Waals surface area contributed by atoms with Gasteiger partial charge in [-0.15, -0.1) is 0 Å². The van der Waals surface area contributed by atoms with Gasteiger partial charge in [0.25, 0.3) is 0 Å². The summed E-state index contributed by atoms with van der Waals surface area (Å²) in [7, 11) is -0.529. The van der Waals surface area contributed by atoms with Gasteiger partial charge in [-0.05, 0) is 36.2 Å². The number of hydrogen-bond donors (Lipinski definition) is 0. The van der Waals surface area contributed by atoms with Crippen LogP contribution in [0.1, 0.15) is 45.0 Å². The quantitative estimate of drug-likeness (QED) is 0.301. The lowest BCUT2D eigenvalue weighted by atomic mass is 10.0. The van der Waals surface area contributed by atoms with Crippen LogP contribution < -0.4 is 0 Å². The molecule has 0 bridgehead atoms. The summed E-state index contributed by atoms with van der Waals surface area (Å²) < 4.78 is 26.6. The third kappa shape index (κ3) is 7.91. The van der Waals surface area contributed by atoms with Crippen LogP contribution in [0.25, 0.3) is 22.0 Å². The summed E-state index contributed by atoms with van der Waals surface area (Å²) in [5.41, 5.74) is 4.47. The highest BCUT2D eigenvalue weighted by Crippen LogP contribution is 2.22. The Morgan fingerprint density at radius 2 is 1.31 bits per heavy atom. The number of benzene rings is 3. The molecule has 0 amide bonds. The molecule has 0 spiro atoms. The summed E-state index contributed by atoms with van der Waals surface area (Å²) in [4.78, 5) is 11.6. The molecule has 0 aliphatic rings. The van der Waals surface area contributed by atoms with Crippen molar-refractivity contribution < 1.29 is 13.2 Å². The molecule has 0 fully saturated rings. The molecule has 0 aliphatic carbocycles. The highest BCUT2D eigenvalue weighted by atomic mass is 32.2. The van der Waals surface area contributed by atoms with Gasteiger partial charge in [-0.1, -0.05) is 93.9 Å². The summed E-state index contributed by atoms with van der Waals surface area (Å²) in [6.07, 6.45) is 1.64. The van der Waals surface area contributed by atoms with Gasteiger partial charge in [-0.3, -0.25) is 9.36 Å². The van der Waals surface area contributed by atoms with E-state index in [0.717, 1.165) is 9.69 Å². The van der Waals surface area contributed by atoms with Crippen molar-refractivity contribution in [2.75, 3.05) is 14.1 Å². The molecule has 0 aliphatic heterocycles. The largest absolute Gasteiger partial charge is 0.287 e. The zero-order chi connectivity index (χ0) is 26.6. The lowest BCUT2D eigenvalue weighted by molar-refractivity contribution is 0.0941. The SMILES string of the molecule is CC.CC.CC(=O)n1ccc2ccc(S(=O)(=O)N(C)C)cc21.Cc1ccc(-c2ccccc2)cc1. The number of fused-ring (bicyclic) bond motifs is 1. The van der Waals surface area contributed by atoms with E-state index in [1.165, 1.54) is 48.3 Å². The molecule has 0 radical (unpaired) electrons. The van der Waals surface area contributed by atoms with E-state index in [1.807, 2.05) is 33.8 Å². The Morgan fingerprint density at radius 3 is 1.83 bits per heavy atom. The van der Waals surface area contributed by atoms with E-state index in [4.69, 9.17) is 0 Å². The van der Waals surface area contributed by atoms with Gasteiger partial charge in [0.2, 0.25) is 15.9 Å². The van der Waals surface area contributed by atoms with Crippen molar-refractivity contribution in [2.45, 2.75) is 46.4 Å². The van der Waals surface area contributed by atoms with Gasteiger partial charge in [-0.25, -0.2) is 12.7 Å². The molecule has 4 aromatic rings. The fourth-order valence-corrected chi connectivity index (χ4v) is 4.05. The maximum atomic E-state index is 12.0. The van der Waals surface area contributed by atoms with Crippen molar-refractivity contribution in [3.05, 3.63) is 90.6 Å². The Hall–Kier alpha value is -3.22. The second-order valence-electron chi connectivity index (χ2n) is 7.44. The topological polar surface area (TPSA) is 59.4 Å². The number of nitrogens with zero attached hydrogens (tertiary/aromatic N) is 2. The molecule has 35 heavy (non-hydrogen) atoms. The molecular weight excluding hydrogens is 456 g/mol. The number of aryl methyl sites for hydroxylation is 1. The third-order valence-corrected chi connectivity index (χ3v) is 6.75. The van der Waals surface area contributed by atoms with Crippen LogP contribution in [-0.4, -0.2) is 37.3 Å². The van der Waals surface area contributed by atoms with Crippen molar-refractivity contribution in [3.8, 4) is 11.1 Å². The first-order valence-electron chi connectivity index (χ1n) is 11.9. The minimum Gasteiger partial charge on any atom is -0.287 e. The molecule has 188 valence electrons. The van der Waals surface area contributed by atoms with E-state index in [-0.39, 0.29) is 10.8 Å². The average molecular weight is 495 g/mol. The predicted octanol–water partition coefficient (Wildman–Crippen LogP) is 7.27. The van der Waals surface area contributed by atoms with Crippen LogP contribution in [0.4, 0.5) is 0 Å². The van der Waals surface area contributed by atoms with E-state index >= 15 is 0 Å². The van der Waals surface area contributed by atoms with Crippen molar-refractivity contribution in [3.63, 3.8) is 0 Å². The first-order valence-corrected chi connectivity index (χ1v) is 13.3. The zero-order valence-electron chi connectivity index (χ0n) is 22.1. The molecule has 1 aromatic heterocycles. The Morgan fingerprint density at radius 1 is 0.771 bits per heavy atom. The number of aromatic nitrogens is 1. The van der Waals surface area contributed by atoms with Crippen LogP contribution in [0.3, 0.4) is 0 Å². The molecule has 0 unspecified atom stereocenters. The molecule has 5 nitrogen and oxygen atoms in total. The van der Waals surface area contributed by atoms with Crippen molar-refractivity contribution in [2.24, 2.45) is 0 Å². The van der Waals surface area contributed by atoms with E-state index < -0.39 is 10.0 Å². The fourth-order valence-electron chi connectivity index (χ4n) is 3.13. The van der Waals surface area contributed by atoms with Gasteiger partial charge in [-0.2, -0.15) is 0 Å². The Kier molecular flexibility index (Phi) is 12.1. The van der Waals surface area contributed by atoms with Crippen molar-refractivity contribution >= 4 is 26.8 Å². The lowest BCUT2D eigenvalue weighted by Crippen LogP contribution is -2.22. The summed E-state index contributed by atoms with van der Waals surface area (Å²) in [6, 6.07) is 25.6. The summed E-state index contributed by atoms with van der Waals surface area (Å²) >= 11 is 0. The van der Waals surface area contributed by atoms with Crippen molar-refractivity contribution in [1.82, 2.24) is 8.87 Å². The van der Waals surface area contributed by atoms with E-state index in [0.29, 0.717) is 5.52 Å². The van der Waals surface area contributed by atoms with E-state index in [2.05, 4.69) is 55.5 Å². The fraction of sp³-hybridized carbons (Fsp3) is 0.276. The highest BCUT2D eigenvalue weighted by molar-refractivity contribution is 7.89. The summed E-state index contributed by atoms with van der Waals surface area (Å²) in [5.74, 6) is -0.149. The van der Waals surface area contributed by atoms with Gasteiger partial charge < -0.3 is 0 Å². The molecule has 0 saturated heterocycles. The summed E-state index contributed by atoms with van der Waals surface area (Å²) in [6.45, 7) is 11.5. The van der Waals surface area contributed by atoms with Gasteiger partial charge in [0.1, 0.15) is 0 Å². The Balaban J connectivity index is 0.000000318. The molecule has 4 rings (SSSR count). The molecule has 1 heterocycles. The molecule has 3 aromatic carbocycles. The number of sulfonamides is 1. The maximum absolute atomic E-state index is 12.0. The number of carbonyl (C=O) groups is 1. The van der Waals surface area contributed by atoms with Crippen LogP contribution in [0.15, 0.2) is 90.0 Å². The van der Waals surface area contributed by atoms with Gasteiger partial charge in [0.05, 0.1) is 10.4 Å². The lowest BCUT2D eigenvalue weighted by Gasteiger charge is -2.11. The van der Waals surface area contributed by atoms with Crippen LogP contribution in [0.2, 0.25) is 0 Å². The van der Waals surface area contributed by atoms with Crippen LogP contribution in [-0.2, 0) is 10.0 Å². The van der Waals surface area contributed by atoms with E-state index in [1.54, 1.807) is 24.4 Å². The van der Waals surface area contributed by atoms with Gasteiger partial charge in [0.15, 0.2) is 0 Å². The van der Waals surface area contributed by atoms with Gasteiger partial charge >= 0.3 is 0 Å². The number of hydrogen-bond acceptors (Lipinski definition) is 3. The minimum atomic E-state index is -3.48. The molecule has 0 atom stereocenters. The van der Waals surface area contributed by atoms with Crippen LogP contribution in [0.5, 0.6) is 0 Å². The minimum absolute atomic E-state index is 0.149. The highest BCUT2D eigenvalue weighted by Gasteiger charge is 2.18. The van der Waals surface area contributed by atoms with E-state index in [9.17, 15) is 13.2 Å².